The fraction of sp³-hybridized carbons (Fsp3) is 0.368. The SMILES string of the molecule is O=S(=O)(N[C@@H]1C[C@@H]2CC[C@@H]1C2)c1ccc(Oc2ccccc2)cc1. The number of benzene rings is 2. The molecule has 2 fully saturated rings. The molecule has 0 amide bonds. The Hall–Kier alpha value is -1.85. The smallest absolute Gasteiger partial charge is 0.240 e. The van der Waals surface area contributed by atoms with E-state index in [4.69, 9.17) is 4.74 Å². The molecule has 0 aliphatic heterocycles. The minimum absolute atomic E-state index is 0.106. The molecule has 0 saturated heterocycles. The summed E-state index contributed by atoms with van der Waals surface area (Å²) in [5, 5.41) is 0. The van der Waals surface area contributed by atoms with Crippen LogP contribution in [0.25, 0.3) is 0 Å². The summed E-state index contributed by atoms with van der Waals surface area (Å²) in [5.41, 5.74) is 0. The molecule has 4 nitrogen and oxygen atoms in total. The number of nitrogens with one attached hydrogen (secondary N) is 1. The van der Waals surface area contributed by atoms with E-state index < -0.39 is 10.0 Å². The lowest BCUT2D eigenvalue weighted by Crippen LogP contribution is -2.38. The van der Waals surface area contributed by atoms with Gasteiger partial charge in [0.2, 0.25) is 10.0 Å². The van der Waals surface area contributed by atoms with E-state index in [1.54, 1.807) is 24.3 Å². The second-order valence-corrected chi connectivity index (χ2v) is 8.50. The van der Waals surface area contributed by atoms with E-state index in [0.29, 0.717) is 22.5 Å². The lowest BCUT2D eigenvalue weighted by atomic mass is 9.96. The van der Waals surface area contributed by atoms with E-state index in [-0.39, 0.29) is 6.04 Å². The van der Waals surface area contributed by atoms with Crippen LogP contribution < -0.4 is 9.46 Å². The first-order valence-electron chi connectivity index (χ1n) is 8.45. The maximum absolute atomic E-state index is 12.6. The molecular formula is C19H21NO3S. The molecule has 0 heterocycles. The van der Waals surface area contributed by atoms with Gasteiger partial charge in [-0.2, -0.15) is 0 Å². The zero-order valence-electron chi connectivity index (χ0n) is 13.4. The summed E-state index contributed by atoms with van der Waals surface area (Å²) in [7, 11) is -3.46. The maximum atomic E-state index is 12.6. The Labute approximate surface area is 142 Å². The number of hydrogen-bond acceptors (Lipinski definition) is 3. The summed E-state index contributed by atoms with van der Waals surface area (Å²) in [6, 6.07) is 16.1. The van der Waals surface area contributed by atoms with Gasteiger partial charge >= 0.3 is 0 Å². The molecule has 126 valence electrons. The minimum atomic E-state index is -3.46. The summed E-state index contributed by atoms with van der Waals surface area (Å²) in [4.78, 5) is 0.297. The van der Waals surface area contributed by atoms with Gasteiger partial charge in [0.15, 0.2) is 0 Å². The highest BCUT2D eigenvalue weighted by Crippen LogP contribution is 2.44. The van der Waals surface area contributed by atoms with Crippen LogP contribution in [0.3, 0.4) is 0 Å². The topological polar surface area (TPSA) is 55.4 Å². The Morgan fingerprint density at radius 2 is 1.58 bits per heavy atom. The van der Waals surface area contributed by atoms with Gasteiger partial charge in [0.1, 0.15) is 11.5 Å². The predicted molar refractivity (Wildman–Crippen MR) is 92.5 cm³/mol. The van der Waals surface area contributed by atoms with Crippen molar-refractivity contribution in [3.63, 3.8) is 0 Å². The highest BCUT2D eigenvalue weighted by atomic mass is 32.2. The van der Waals surface area contributed by atoms with Crippen molar-refractivity contribution in [2.24, 2.45) is 11.8 Å². The van der Waals surface area contributed by atoms with Crippen molar-refractivity contribution >= 4 is 10.0 Å². The largest absolute Gasteiger partial charge is 0.457 e. The lowest BCUT2D eigenvalue weighted by molar-refractivity contribution is 0.390. The predicted octanol–water partition coefficient (Wildman–Crippen LogP) is 3.95. The quantitative estimate of drug-likeness (QED) is 0.894. The van der Waals surface area contributed by atoms with Crippen LogP contribution in [0.1, 0.15) is 25.7 Å². The van der Waals surface area contributed by atoms with E-state index in [9.17, 15) is 8.42 Å². The number of fused-ring (bicyclic) bond motifs is 2. The molecule has 0 spiro atoms. The molecule has 3 atom stereocenters. The number of rotatable bonds is 5. The molecule has 0 unspecified atom stereocenters. The minimum Gasteiger partial charge on any atom is -0.457 e. The van der Waals surface area contributed by atoms with Crippen LogP contribution in [0, 0.1) is 11.8 Å². The molecule has 1 N–H and O–H groups in total. The lowest BCUT2D eigenvalue weighted by Gasteiger charge is -2.22. The van der Waals surface area contributed by atoms with Gasteiger partial charge in [-0.25, -0.2) is 13.1 Å². The first kappa shape index (κ1) is 15.7. The van der Waals surface area contributed by atoms with Gasteiger partial charge < -0.3 is 4.74 Å². The second kappa shape index (κ2) is 6.22. The molecule has 0 aromatic heterocycles. The maximum Gasteiger partial charge on any atom is 0.240 e. The third-order valence-electron chi connectivity index (χ3n) is 5.16. The van der Waals surface area contributed by atoms with Crippen LogP contribution in [0.15, 0.2) is 59.5 Å². The van der Waals surface area contributed by atoms with Gasteiger partial charge in [-0.05, 0) is 67.5 Å². The van der Waals surface area contributed by atoms with Gasteiger partial charge in [-0.15, -0.1) is 0 Å². The van der Waals surface area contributed by atoms with Gasteiger partial charge in [-0.1, -0.05) is 24.6 Å². The van der Waals surface area contributed by atoms with Crippen LogP contribution in [-0.4, -0.2) is 14.5 Å². The van der Waals surface area contributed by atoms with Crippen molar-refractivity contribution in [3.8, 4) is 11.5 Å². The van der Waals surface area contributed by atoms with Gasteiger partial charge in [0.25, 0.3) is 0 Å². The first-order valence-corrected chi connectivity index (χ1v) is 9.94. The molecule has 2 aromatic carbocycles. The summed E-state index contributed by atoms with van der Waals surface area (Å²) in [6.45, 7) is 0. The molecule has 24 heavy (non-hydrogen) atoms. The van der Waals surface area contributed by atoms with Crippen molar-refractivity contribution in [1.82, 2.24) is 4.72 Å². The molecule has 4 rings (SSSR count). The van der Waals surface area contributed by atoms with Crippen molar-refractivity contribution in [2.45, 2.75) is 36.6 Å². The number of sulfonamides is 1. The van der Waals surface area contributed by atoms with Crippen LogP contribution >= 0.6 is 0 Å². The van der Waals surface area contributed by atoms with Crippen molar-refractivity contribution in [2.75, 3.05) is 0 Å². The summed E-state index contributed by atoms with van der Waals surface area (Å²) in [6.07, 6.45) is 4.58. The Bertz CT molecular complexity index is 802. The zero-order valence-corrected chi connectivity index (χ0v) is 14.2. The van der Waals surface area contributed by atoms with Crippen LogP contribution in [0.2, 0.25) is 0 Å². The molecule has 2 saturated carbocycles. The van der Waals surface area contributed by atoms with Crippen molar-refractivity contribution < 1.29 is 13.2 Å². The number of ether oxygens (including phenoxy) is 1. The average Bonchev–Trinajstić information content (AvgIpc) is 3.19. The third kappa shape index (κ3) is 3.19. The first-order chi connectivity index (χ1) is 11.6. The third-order valence-corrected chi connectivity index (χ3v) is 6.66. The number of hydrogen-bond donors (Lipinski definition) is 1. The average molecular weight is 343 g/mol. The molecule has 2 aliphatic rings. The summed E-state index contributed by atoms with van der Waals surface area (Å²) >= 11 is 0. The highest BCUT2D eigenvalue weighted by Gasteiger charge is 2.41. The summed E-state index contributed by atoms with van der Waals surface area (Å²) in [5.74, 6) is 2.59. The zero-order chi connectivity index (χ0) is 16.6. The number of para-hydroxylation sites is 1. The van der Waals surface area contributed by atoms with E-state index in [1.807, 2.05) is 30.3 Å². The molecule has 2 bridgehead atoms. The van der Waals surface area contributed by atoms with E-state index in [1.165, 1.54) is 12.8 Å². The van der Waals surface area contributed by atoms with Crippen LogP contribution in [-0.2, 0) is 10.0 Å². The fourth-order valence-corrected chi connectivity index (χ4v) is 5.29. The fourth-order valence-electron chi connectivity index (χ4n) is 3.97. The molecular weight excluding hydrogens is 322 g/mol. The monoisotopic (exact) mass is 343 g/mol. The Morgan fingerprint density at radius 3 is 2.21 bits per heavy atom. The highest BCUT2D eigenvalue weighted by molar-refractivity contribution is 7.89. The molecule has 2 aromatic rings. The normalized spacial score (nSPS) is 25.8. The van der Waals surface area contributed by atoms with E-state index in [2.05, 4.69) is 4.72 Å². The van der Waals surface area contributed by atoms with Crippen LogP contribution in [0.4, 0.5) is 0 Å². The van der Waals surface area contributed by atoms with Crippen molar-refractivity contribution in [3.05, 3.63) is 54.6 Å². The Kier molecular flexibility index (Phi) is 4.06. The van der Waals surface area contributed by atoms with Gasteiger partial charge in [0, 0.05) is 6.04 Å². The Balaban J connectivity index is 1.45. The summed E-state index contributed by atoms with van der Waals surface area (Å²) < 4.78 is 33.8. The van der Waals surface area contributed by atoms with Crippen LogP contribution in [0.5, 0.6) is 11.5 Å². The van der Waals surface area contributed by atoms with E-state index in [0.717, 1.165) is 18.6 Å². The second-order valence-electron chi connectivity index (χ2n) is 6.79. The molecule has 0 radical (unpaired) electrons. The standard InChI is InChI=1S/C19H21NO3S/c21-24(22,20-19-13-14-6-7-15(19)12-14)18-10-8-17(9-11-18)23-16-4-2-1-3-5-16/h1-5,8-11,14-15,19-20H,6-7,12-13H2/t14-,15-,19-/m1/s1. The van der Waals surface area contributed by atoms with Gasteiger partial charge in [0.05, 0.1) is 4.90 Å². The molecule has 2 aliphatic carbocycles. The van der Waals surface area contributed by atoms with Crippen molar-refractivity contribution in [1.29, 1.82) is 0 Å². The van der Waals surface area contributed by atoms with Gasteiger partial charge in [-0.3, -0.25) is 0 Å². The molecule has 5 heteroatoms. The Morgan fingerprint density at radius 1 is 0.875 bits per heavy atom. The van der Waals surface area contributed by atoms with E-state index >= 15 is 0 Å².